The van der Waals surface area contributed by atoms with Crippen molar-refractivity contribution in [2.24, 2.45) is 5.10 Å². The standard InChI is InChI=1S/C21H22N4O3/c1-14-5-4-6-17(9-14)13-28-18-8-7-16(11-19(18)27-3)12-22-25-21-23-15(2)10-20(26)24-21/h4-12H,13H2,1-3H3,(H2,23,24,25,26)/b22-12+. The number of nitrogens with zero attached hydrogens (tertiary/aromatic N) is 2. The van der Waals surface area contributed by atoms with Gasteiger partial charge in [-0.2, -0.15) is 5.10 Å². The van der Waals surface area contributed by atoms with Crippen LogP contribution in [0.2, 0.25) is 0 Å². The van der Waals surface area contributed by atoms with E-state index >= 15 is 0 Å². The van der Waals surface area contributed by atoms with Gasteiger partial charge in [0.1, 0.15) is 6.61 Å². The highest BCUT2D eigenvalue weighted by atomic mass is 16.5. The molecule has 3 aromatic rings. The number of methoxy groups -OCH3 is 1. The van der Waals surface area contributed by atoms with E-state index < -0.39 is 0 Å². The predicted molar refractivity (Wildman–Crippen MR) is 109 cm³/mol. The van der Waals surface area contributed by atoms with Crippen molar-refractivity contribution in [3.63, 3.8) is 0 Å². The lowest BCUT2D eigenvalue weighted by atomic mass is 10.1. The van der Waals surface area contributed by atoms with E-state index in [1.807, 2.05) is 43.3 Å². The molecule has 28 heavy (non-hydrogen) atoms. The largest absolute Gasteiger partial charge is 0.493 e. The first-order chi connectivity index (χ1) is 13.5. The number of anilines is 1. The van der Waals surface area contributed by atoms with Crippen molar-refractivity contribution in [2.75, 3.05) is 12.5 Å². The Bertz CT molecular complexity index is 1040. The number of hydrogen-bond acceptors (Lipinski definition) is 6. The Balaban J connectivity index is 1.67. The molecular weight excluding hydrogens is 356 g/mol. The van der Waals surface area contributed by atoms with E-state index in [4.69, 9.17) is 9.47 Å². The van der Waals surface area contributed by atoms with Crippen molar-refractivity contribution in [2.45, 2.75) is 20.5 Å². The molecular formula is C21H22N4O3. The SMILES string of the molecule is COc1cc(/C=N/Nc2nc(C)cc(=O)[nH]2)ccc1OCc1cccc(C)c1. The average Bonchev–Trinajstić information content (AvgIpc) is 2.66. The minimum Gasteiger partial charge on any atom is -0.493 e. The zero-order chi connectivity index (χ0) is 19.9. The third-order valence-corrected chi connectivity index (χ3v) is 3.92. The highest BCUT2D eigenvalue weighted by Gasteiger charge is 2.06. The van der Waals surface area contributed by atoms with Crippen molar-refractivity contribution in [3.8, 4) is 11.5 Å². The maximum absolute atomic E-state index is 11.4. The Hall–Kier alpha value is -3.61. The van der Waals surface area contributed by atoms with E-state index in [0.29, 0.717) is 23.8 Å². The van der Waals surface area contributed by atoms with Crippen LogP contribution in [-0.4, -0.2) is 23.3 Å². The first-order valence-electron chi connectivity index (χ1n) is 8.77. The summed E-state index contributed by atoms with van der Waals surface area (Å²) < 4.78 is 11.3. The Labute approximate surface area is 163 Å². The van der Waals surface area contributed by atoms with E-state index in [-0.39, 0.29) is 11.5 Å². The zero-order valence-electron chi connectivity index (χ0n) is 16.0. The fraction of sp³-hybridized carbons (Fsp3) is 0.190. The van der Waals surface area contributed by atoms with Crippen LogP contribution in [0.4, 0.5) is 5.95 Å². The monoisotopic (exact) mass is 378 g/mol. The summed E-state index contributed by atoms with van der Waals surface area (Å²) in [6, 6.07) is 15.1. The number of H-pyrrole nitrogens is 1. The van der Waals surface area contributed by atoms with Crippen molar-refractivity contribution in [1.29, 1.82) is 0 Å². The second-order valence-electron chi connectivity index (χ2n) is 6.29. The van der Waals surface area contributed by atoms with Gasteiger partial charge >= 0.3 is 0 Å². The molecule has 144 valence electrons. The minimum absolute atomic E-state index is 0.234. The van der Waals surface area contributed by atoms with Crippen molar-refractivity contribution < 1.29 is 9.47 Å². The molecule has 0 saturated carbocycles. The number of aromatic nitrogens is 2. The third-order valence-electron chi connectivity index (χ3n) is 3.92. The number of rotatable bonds is 7. The molecule has 0 aliphatic heterocycles. The molecule has 0 spiro atoms. The number of aryl methyl sites for hydroxylation is 2. The topological polar surface area (TPSA) is 88.6 Å². The van der Waals surface area contributed by atoms with Gasteiger partial charge in [0.15, 0.2) is 11.5 Å². The summed E-state index contributed by atoms with van der Waals surface area (Å²) in [5.41, 5.74) is 6.18. The molecule has 1 aromatic heterocycles. The van der Waals surface area contributed by atoms with Crippen LogP contribution in [0, 0.1) is 13.8 Å². The normalized spacial score (nSPS) is 10.8. The smallest absolute Gasteiger partial charge is 0.252 e. The number of hydrazone groups is 1. The maximum Gasteiger partial charge on any atom is 0.252 e. The molecule has 2 aromatic carbocycles. The van der Waals surface area contributed by atoms with Gasteiger partial charge < -0.3 is 9.47 Å². The van der Waals surface area contributed by atoms with Crippen LogP contribution in [-0.2, 0) is 6.61 Å². The van der Waals surface area contributed by atoms with Crippen LogP contribution in [0.3, 0.4) is 0 Å². The maximum atomic E-state index is 11.4. The lowest BCUT2D eigenvalue weighted by Crippen LogP contribution is -2.10. The van der Waals surface area contributed by atoms with E-state index in [1.165, 1.54) is 11.6 Å². The minimum atomic E-state index is -0.234. The van der Waals surface area contributed by atoms with Crippen molar-refractivity contribution >= 4 is 12.2 Å². The molecule has 7 nitrogen and oxygen atoms in total. The molecule has 3 rings (SSSR count). The van der Waals surface area contributed by atoms with Crippen LogP contribution in [0.1, 0.15) is 22.4 Å². The molecule has 0 radical (unpaired) electrons. The Morgan fingerprint density at radius 3 is 2.75 bits per heavy atom. The Morgan fingerprint density at radius 2 is 2.00 bits per heavy atom. The number of aromatic amines is 1. The van der Waals surface area contributed by atoms with Crippen LogP contribution in [0.15, 0.2) is 58.4 Å². The van der Waals surface area contributed by atoms with Gasteiger partial charge in [-0.05, 0) is 43.2 Å². The number of benzene rings is 2. The molecule has 0 fully saturated rings. The fourth-order valence-corrected chi connectivity index (χ4v) is 2.65. The third kappa shape index (κ3) is 5.20. The van der Waals surface area contributed by atoms with Crippen LogP contribution in [0.25, 0.3) is 0 Å². The summed E-state index contributed by atoms with van der Waals surface area (Å²) in [7, 11) is 1.59. The molecule has 7 heteroatoms. The van der Waals surface area contributed by atoms with E-state index in [9.17, 15) is 4.79 Å². The van der Waals surface area contributed by atoms with Gasteiger partial charge in [-0.3, -0.25) is 9.78 Å². The summed E-state index contributed by atoms with van der Waals surface area (Å²) >= 11 is 0. The van der Waals surface area contributed by atoms with Crippen LogP contribution >= 0.6 is 0 Å². The lowest BCUT2D eigenvalue weighted by molar-refractivity contribution is 0.284. The summed E-state index contributed by atoms with van der Waals surface area (Å²) in [5.74, 6) is 1.55. The highest BCUT2D eigenvalue weighted by Crippen LogP contribution is 2.28. The molecule has 0 amide bonds. The van der Waals surface area contributed by atoms with Crippen LogP contribution < -0.4 is 20.5 Å². The Kier molecular flexibility index (Phi) is 6.06. The first-order valence-corrected chi connectivity index (χ1v) is 8.77. The van der Waals surface area contributed by atoms with Crippen molar-refractivity contribution in [1.82, 2.24) is 9.97 Å². The summed E-state index contributed by atoms with van der Waals surface area (Å²) in [6.07, 6.45) is 1.61. The number of nitrogens with one attached hydrogen (secondary N) is 2. The molecule has 0 atom stereocenters. The average molecular weight is 378 g/mol. The lowest BCUT2D eigenvalue weighted by Gasteiger charge is -2.11. The molecule has 0 aliphatic carbocycles. The molecule has 0 saturated heterocycles. The van der Waals surface area contributed by atoms with Crippen LogP contribution in [0.5, 0.6) is 11.5 Å². The first kappa shape index (κ1) is 19.2. The van der Waals surface area contributed by atoms with Gasteiger partial charge in [0, 0.05) is 11.8 Å². The zero-order valence-corrected chi connectivity index (χ0v) is 16.0. The van der Waals surface area contributed by atoms with Gasteiger partial charge in [0.05, 0.1) is 13.3 Å². The summed E-state index contributed by atoms with van der Waals surface area (Å²) in [4.78, 5) is 18.1. The van der Waals surface area contributed by atoms with Gasteiger partial charge in [0.25, 0.3) is 5.56 Å². The molecule has 0 bridgehead atoms. The van der Waals surface area contributed by atoms with Crippen molar-refractivity contribution in [3.05, 3.63) is 81.3 Å². The molecule has 1 heterocycles. The van der Waals surface area contributed by atoms with Gasteiger partial charge in [0.2, 0.25) is 5.95 Å². The highest BCUT2D eigenvalue weighted by molar-refractivity contribution is 5.81. The number of ether oxygens (including phenoxy) is 2. The van der Waals surface area contributed by atoms with Gasteiger partial charge in [-0.1, -0.05) is 29.8 Å². The Morgan fingerprint density at radius 1 is 1.14 bits per heavy atom. The fourth-order valence-electron chi connectivity index (χ4n) is 2.65. The van der Waals surface area contributed by atoms with Gasteiger partial charge in [-0.25, -0.2) is 10.4 Å². The van der Waals surface area contributed by atoms with E-state index in [2.05, 4.69) is 26.6 Å². The quantitative estimate of drug-likeness (QED) is 0.486. The molecule has 2 N–H and O–H groups in total. The summed E-state index contributed by atoms with van der Waals surface area (Å²) in [6.45, 7) is 4.25. The molecule has 0 aliphatic rings. The van der Waals surface area contributed by atoms with E-state index in [1.54, 1.807) is 20.2 Å². The van der Waals surface area contributed by atoms with Gasteiger partial charge in [-0.15, -0.1) is 0 Å². The predicted octanol–water partition coefficient (Wildman–Crippen LogP) is 3.42. The number of hydrogen-bond donors (Lipinski definition) is 2. The second kappa shape index (κ2) is 8.85. The molecule has 0 unspecified atom stereocenters. The second-order valence-corrected chi connectivity index (χ2v) is 6.29. The summed E-state index contributed by atoms with van der Waals surface area (Å²) in [5, 5.41) is 4.10. The van der Waals surface area contributed by atoms with E-state index in [0.717, 1.165) is 11.1 Å².